The van der Waals surface area contributed by atoms with E-state index in [0.29, 0.717) is 15.6 Å². The highest BCUT2D eigenvalue weighted by molar-refractivity contribution is 9.10. The van der Waals surface area contributed by atoms with Crippen molar-refractivity contribution < 1.29 is 23.1 Å². The number of carbonyl (C=O) groups is 1. The number of methoxy groups -OCH3 is 1. The smallest absolute Gasteiger partial charge is 0.380 e. The summed E-state index contributed by atoms with van der Waals surface area (Å²) in [6.45, 7) is 0.185. The van der Waals surface area contributed by atoms with Crippen LogP contribution in [0.15, 0.2) is 51.4 Å². The number of rotatable bonds is 4. The molecule has 0 atom stereocenters. The van der Waals surface area contributed by atoms with Gasteiger partial charge >= 0.3 is 5.97 Å². The number of furan rings is 1. The fourth-order valence-corrected chi connectivity index (χ4v) is 2.59. The Morgan fingerprint density at radius 1 is 1.26 bits per heavy atom. The van der Waals surface area contributed by atoms with Crippen LogP contribution in [0.5, 0.6) is 5.75 Å². The molecule has 6 heteroatoms. The molecule has 0 aliphatic rings. The summed E-state index contributed by atoms with van der Waals surface area (Å²) in [4.78, 5) is 12.4. The van der Waals surface area contributed by atoms with E-state index in [0.717, 1.165) is 5.39 Å². The first-order valence-corrected chi connectivity index (χ1v) is 7.56. The maximum atomic E-state index is 13.8. The number of carbonyl (C=O) groups excluding carboxylic acids is 1. The number of esters is 1. The summed E-state index contributed by atoms with van der Waals surface area (Å²) in [6.07, 6.45) is 0. The summed E-state index contributed by atoms with van der Waals surface area (Å²) >= 11 is 3.15. The quantitative estimate of drug-likeness (QED) is 0.487. The molecule has 0 N–H and O–H groups in total. The highest BCUT2D eigenvalue weighted by atomic mass is 79.9. The molecule has 0 spiro atoms. The summed E-state index contributed by atoms with van der Waals surface area (Å²) in [5.41, 5.74) is 1.12. The van der Waals surface area contributed by atoms with Crippen LogP contribution in [-0.2, 0) is 11.3 Å². The molecular weight excluding hydrogens is 367 g/mol. The summed E-state index contributed by atoms with van der Waals surface area (Å²) in [5, 5.41) is 0.762. The second-order valence-corrected chi connectivity index (χ2v) is 5.72. The van der Waals surface area contributed by atoms with Crippen LogP contribution < -0.4 is 4.74 Å². The van der Waals surface area contributed by atoms with Crippen molar-refractivity contribution in [2.45, 2.75) is 6.61 Å². The highest BCUT2D eigenvalue weighted by Crippen LogP contribution is 2.28. The second kappa shape index (κ2) is 6.52. The van der Waals surface area contributed by atoms with E-state index in [9.17, 15) is 9.18 Å². The van der Waals surface area contributed by atoms with Crippen molar-refractivity contribution in [2.24, 2.45) is 0 Å². The summed E-state index contributed by atoms with van der Waals surface area (Å²) in [7, 11) is 1.52. The lowest BCUT2D eigenvalue weighted by molar-refractivity contribution is 0.0690. The highest BCUT2D eigenvalue weighted by Gasteiger charge is 2.23. The van der Waals surface area contributed by atoms with E-state index in [2.05, 4.69) is 15.9 Å². The van der Waals surface area contributed by atoms with Crippen molar-refractivity contribution in [3.63, 3.8) is 0 Å². The molecule has 0 aliphatic carbocycles. The van der Waals surface area contributed by atoms with Crippen molar-refractivity contribution >= 4 is 32.9 Å². The third-order valence-corrected chi connectivity index (χ3v) is 3.76. The van der Waals surface area contributed by atoms with Crippen LogP contribution in [0.4, 0.5) is 4.39 Å². The molecule has 0 amide bonds. The molecule has 23 heavy (non-hydrogen) atoms. The van der Waals surface area contributed by atoms with Gasteiger partial charge in [-0.25, -0.2) is 9.18 Å². The van der Waals surface area contributed by atoms with E-state index < -0.39 is 11.8 Å². The fourth-order valence-electron chi connectivity index (χ4n) is 2.26. The first-order valence-electron chi connectivity index (χ1n) is 6.76. The maximum absolute atomic E-state index is 13.8. The van der Waals surface area contributed by atoms with Crippen molar-refractivity contribution in [3.05, 3.63) is 64.1 Å². The lowest BCUT2D eigenvalue weighted by Crippen LogP contribution is -2.11. The molecular formula is C17H12BrFO4. The van der Waals surface area contributed by atoms with Gasteiger partial charge in [-0.2, -0.15) is 0 Å². The lowest BCUT2D eigenvalue weighted by atomic mass is 10.1. The van der Waals surface area contributed by atoms with Crippen LogP contribution in [0.2, 0.25) is 0 Å². The number of benzene rings is 2. The Morgan fingerprint density at radius 2 is 2.04 bits per heavy atom. The molecule has 2 aromatic carbocycles. The Morgan fingerprint density at radius 3 is 2.78 bits per heavy atom. The minimum atomic E-state index is -0.769. The van der Waals surface area contributed by atoms with Gasteiger partial charge in [-0.15, -0.1) is 0 Å². The van der Waals surface area contributed by atoms with Crippen molar-refractivity contribution in [1.29, 1.82) is 0 Å². The zero-order valence-electron chi connectivity index (χ0n) is 12.1. The predicted octanol–water partition coefficient (Wildman–Crippen LogP) is 4.70. The van der Waals surface area contributed by atoms with Gasteiger partial charge in [-0.1, -0.05) is 34.1 Å². The molecule has 0 unspecified atom stereocenters. The molecule has 0 bridgehead atoms. The molecule has 0 aliphatic heterocycles. The maximum Gasteiger partial charge on any atom is 0.380 e. The summed E-state index contributed by atoms with van der Waals surface area (Å²) in [5.74, 6) is -1.57. The molecule has 3 rings (SSSR count). The Labute approximate surface area is 139 Å². The monoisotopic (exact) mass is 378 g/mol. The van der Waals surface area contributed by atoms with Crippen molar-refractivity contribution in [2.75, 3.05) is 7.11 Å². The van der Waals surface area contributed by atoms with Crippen LogP contribution in [-0.4, -0.2) is 13.1 Å². The van der Waals surface area contributed by atoms with Crippen LogP contribution in [0.25, 0.3) is 11.0 Å². The first-order chi connectivity index (χ1) is 11.1. The van der Waals surface area contributed by atoms with Gasteiger partial charge in [0.05, 0.1) is 6.61 Å². The average Bonchev–Trinajstić information content (AvgIpc) is 2.90. The molecule has 3 aromatic rings. The number of hydrogen-bond acceptors (Lipinski definition) is 4. The molecule has 0 fully saturated rings. The standard InChI is InChI=1S/C17H12BrFO4/c1-21-9-12-11-4-2-3-5-14(11)22-16(12)17(20)23-15-7-6-10(18)8-13(15)19/h2-8H,9H2,1H3. The predicted molar refractivity (Wildman–Crippen MR) is 86.0 cm³/mol. The number of para-hydroxylation sites is 1. The zero-order chi connectivity index (χ0) is 16.4. The van der Waals surface area contributed by atoms with E-state index in [1.807, 2.05) is 12.1 Å². The minimum absolute atomic E-state index is 0.00960. The van der Waals surface area contributed by atoms with Crippen LogP contribution >= 0.6 is 15.9 Å². The largest absolute Gasteiger partial charge is 0.449 e. The molecule has 118 valence electrons. The van der Waals surface area contributed by atoms with Crippen LogP contribution in [0, 0.1) is 5.82 Å². The molecule has 0 saturated heterocycles. The number of halogens is 2. The second-order valence-electron chi connectivity index (χ2n) is 4.80. The van der Waals surface area contributed by atoms with Gasteiger partial charge < -0.3 is 13.9 Å². The van der Waals surface area contributed by atoms with Gasteiger partial charge in [-0.05, 0) is 24.3 Å². The van der Waals surface area contributed by atoms with E-state index >= 15 is 0 Å². The number of fused-ring (bicyclic) bond motifs is 1. The molecule has 1 aromatic heterocycles. The van der Waals surface area contributed by atoms with E-state index in [4.69, 9.17) is 13.9 Å². The van der Waals surface area contributed by atoms with Gasteiger partial charge in [-0.3, -0.25) is 0 Å². The Kier molecular flexibility index (Phi) is 4.45. The lowest BCUT2D eigenvalue weighted by Gasteiger charge is -2.05. The van der Waals surface area contributed by atoms with Gasteiger partial charge in [0.15, 0.2) is 11.6 Å². The Bertz CT molecular complexity index is 872. The SMILES string of the molecule is COCc1c(C(=O)Oc2ccc(Br)cc2F)oc2ccccc12. The third-order valence-electron chi connectivity index (χ3n) is 3.27. The van der Waals surface area contributed by atoms with Gasteiger partial charge in [0.1, 0.15) is 5.58 Å². The van der Waals surface area contributed by atoms with Crippen LogP contribution in [0.1, 0.15) is 16.1 Å². The minimum Gasteiger partial charge on any atom is -0.449 e. The van der Waals surface area contributed by atoms with Gasteiger partial charge in [0.25, 0.3) is 0 Å². The Balaban J connectivity index is 1.98. The molecule has 1 heterocycles. The fraction of sp³-hybridized carbons (Fsp3) is 0.118. The van der Waals surface area contributed by atoms with E-state index in [1.165, 1.54) is 19.2 Å². The molecule has 4 nitrogen and oxygen atoms in total. The normalized spacial score (nSPS) is 10.9. The van der Waals surface area contributed by atoms with Crippen LogP contribution in [0.3, 0.4) is 0 Å². The topological polar surface area (TPSA) is 48.7 Å². The summed E-state index contributed by atoms with van der Waals surface area (Å²) < 4.78 is 30.2. The van der Waals surface area contributed by atoms with Crippen molar-refractivity contribution in [3.8, 4) is 5.75 Å². The van der Waals surface area contributed by atoms with Gasteiger partial charge in [0, 0.05) is 22.5 Å². The molecule has 0 radical (unpaired) electrons. The molecule has 0 saturated carbocycles. The van der Waals surface area contributed by atoms with Gasteiger partial charge in [0.2, 0.25) is 5.76 Å². The number of ether oxygens (including phenoxy) is 2. The summed E-state index contributed by atoms with van der Waals surface area (Å²) in [6, 6.07) is 11.4. The zero-order valence-corrected chi connectivity index (χ0v) is 13.7. The Hall–Kier alpha value is -2.18. The average molecular weight is 379 g/mol. The number of hydrogen-bond donors (Lipinski definition) is 0. The third kappa shape index (κ3) is 3.13. The van der Waals surface area contributed by atoms with E-state index in [-0.39, 0.29) is 18.1 Å². The first kappa shape index (κ1) is 15.7. The van der Waals surface area contributed by atoms with E-state index in [1.54, 1.807) is 18.2 Å². The van der Waals surface area contributed by atoms with Crippen molar-refractivity contribution in [1.82, 2.24) is 0 Å².